The molecule has 0 unspecified atom stereocenters. The minimum atomic E-state index is 0.139. The van der Waals surface area contributed by atoms with Crippen LogP contribution in [-0.2, 0) is 5.41 Å². The third kappa shape index (κ3) is 1.67. The van der Waals surface area contributed by atoms with Gasteiger partial charge in [0.1, 0.15) is 11.5 Å². The summed E-state index contributed by atoms with van der Waals surface area (Å²) >= 11 is 0. The van der Waals surface area contributed by atoms with Crippen LogP contribution in [0, 0.1) is 0 Å². The molecule has 0 spiro atoms. The summed E-state index contributed by atoms with van der Waals surface area (Å²) in [6.45, 7) is 0.677. The third-order valence-electron chi connectivity index (χ3n) is 3.22. The van der Waals surface area contributed by atoms with E-state index in [1.54, 1.807) is 14.2 Å². The van der Waals surface area contributed by atoms with Gasteiger partial charge in [0.15, 0.2) is 0 Å². The van der Waals surface area contributed by atoms with Crippen LogP contribution in [0.2, 0.25) is 0 Å². The highest BCUT2D eigenvalue weighted by Crippen LogP contribution is 2.51. The molecule has 2 rings (SSSR count). The van der Waals surface area contributed by atoms with E-state index in [2.05, 4.69) is 0 Å². The maximum atomic E-state index is 5.82. The molecule has 15 heavy (non-hydrogen) atoms. The van der Waals surface area contributed by atoms with Crippen molar-refractivity contribution in [3.8, 4) is 11.5 Å². The first-order valence-electron chi connectivity index (χ1n) is 5.18. The number of ether oxygens (including phenoxy) is 2. The van der Waals surface area contributed by atoms with Crippen molar-refractivity contribution in [1.82, 2.24) is 0 Å². The van der Waals surface area contributed by atoms with E-state index in [0.29, 0.717) is 6.54 Å². The van der Waals surface area contributed by atoms with Gasteiger partial charge in [0, 0.05) is 17.5 Å². The molecule has 0 radical (unpaired) electrons. The quantitative estimate of drug-likeness (QED) is 0.817. The summed E-state index contributed by atoms with van der Waals surface area (Å²) < 4.78 is 10.6. The van der Waals surface area contributed by atoms with Crippen molar-refractivity contribution in [1.29, 1.82) is 0 Å². The fourth-order valence-electron chi connectivity index (χ4n) is 1.96. The molecule has 1 aliphatic carbocycles. The second kappa shape index (κ2) is 3.74. The summed E-state index contributed by atoms with van der Waals surface area (Å²) in [4.78, 5) is 0. The Hall–Kier alpha value is -1.22. The van der Waals surface area contributed by atoms with Gasteiger partial charge in [0.05, 0.1) is 14.2 Å². The Labute approximate surface area is 90.2 Å². The molecule has 0 aliphatic heterocycles. The second-order valence-corrected chi connectivity index (χ2v) is 4.05. The maximum Gasteiger partial charge on any atom is 0.122 e. The zero-order chi connectivity index (χ0) is 10.9. The first-order chi connectivity index (χ1) is 7.25. The molecule has 3 nitrogen and oxygen atoms in total. The number of hydrogen-bond donors (Lipinski definition) is 1. The number of hydrogen-bond acceptors (Lipinski definition) is 3. The van der Waals surface area contributed by atoms with Crippen LogP contribution in [0.15, 0.2) is 18.2 Å². The van der Waals surface area contributed by atoms with Crippen molar-refractivity contribution in [3.63, 3.8) is 0 Å². The number of rotatable bonds is 4. The van der Waals surface area contributed by atoms with E-state index in [1.807, 2.05) is 18.2 Å². The fourth-order valence-corrected chi connectivity index (χ4v) is 1.96. The predicted molar refractivity (Wildman–Crippen MR) is 59.5 cm³/mol. The lowest BCUT2D eigenvalue weighted by molar-refractivity contribution is 0.394. The molecule has 0 atom stereocenters. The van der Waals surface area contributed by atoms with Gasteiger partial charge in [-0.1, -0.05) is 0 Å². The van der Waals surface area contributed by atoms with Gasteiger partial charge in [0.25, 0.3) is 0 Å². The molecule has 0 amide bonds. The average molecular weight is 207 g/mol. The van der Waals surface area contributed by atoms with E-state index in [-0.39, 0.29) is 5.41 Å². The topological polar surface area (TPSA) is 44.5 Å². The van der Waals surface area contributed by atoms with E-state index >= 15 is 0 Å². The molecule has 3 heteroatoms. The second-order valence-electron chi connectivity index (χ2n) is 4.05. The third-order valence-corrected chi connectivity index (χ3v) is 3.22. The predicted octanol–water partition coefficient (Wildman–Crippen LogP) is 1.69. The zero-order valence-corrected chi connectivity index (χ0v) is 9.25. The van der Waals surface area contributed by atoms with Crippen molar-refractivity contribution in [2.24, 2.45) is 5.73 Å². The normalized spacial score (nSPS) is 17.3. The molecule has 1 aromatic rings. The Morgan fingerprint density at radius 1 is 1.27 bits per heavy atom. The van der Waals surface area contributed by atoms with Crippen molar-refractivity contribution < 1.29 is 9.47 Å². The van der Waals surface area contributed by atoms with Crippen LogP contribution in [-0.4, -0.2) is 20.8 Å². The molecule has 1 saturated carbocycles. The Balaban J connectivity index is 2.42. The highest BCUT2D eigenvalue weighted by molar-refractivity contribution is 5.48. The molecule has 0 heterocycles. The standard InChI is InChI=1S/C12H17NO2/c1-14-9-3-4-11(15-2)10(7-9)12(8-13)5-6-12/h3-4,7H,5-6,8,13H2,1-2H3. The van der Waals surface area contributed by atoms with E-state index < -0.39 is 0 Å². The zero-order valence-electron chi connectivity index (χ0n) is 9.25. The Kier molecular flexibility index (Phi) is 2.57. The fraction of sp³-hybridized carbons (Fsp3) is 0.500. The van der Waals surface area contributed by atoms with Crippen LogP contribution in [0.4, 0.5) is 0 Å². The lowest BCUT2D eigenvalue weighted by Gasteiger charge is -2.17. The maximum absolute atomic E-state index is 5.82. The van der Waals surface area contributed by atoms with Crippen LogP contribution in [0.3, 0.4) is 0 Å². The molecular formula is C12H17NO2. The smallest absolute Gasteiger partial charge is 0.122 e. The van der Waals surface area contributed by atoms with Gasteiger partial charge >= 0.3 is 0 Å². The Morgan fingerprint density at radius 2 is 2.00 bits per heavy atom. The Bertz CT molecular complexity index is 359. The van der Waals surface area contributed by atoms with Gasteiger partial charge in [0.2, 0.25) is 0 Å². The van der Waals surface area contributed by atoms with Gasteiger partial charge in [-0.2, -0.15) is 0 Å². The summed E-state index contributed by atoms with van der Waals surface area (Å²) in [5, 5.41) is 0. The van der Waals surface area contributed by atoms with E-state index in [1.165, 1.54) is 5.56 Å². The SMILES string of the molecule is COc1ccc(OC)c(C2(CN)CC2)c1. The molecule has 1 fully saturated rings. The van der Waals surface area contributed by atoms with Crippen LogP contribution < -0.4 is 15.2 Å². The number of benzene rings is 1. The minimum absolute atomic E-state index is 0.139. The van der Waals surface area contributed by atoms with Crippen molar-refractivity contribution >= 4 is 0 Å². The van der Waals surface area contributed by atoms with E-state index in [9.17, 15) is 0 Å². The molecule has 82 valence electrons. The summed E-state index contributed by atoms with van der Waals surface area (Å²) in [5.74, 6) is 1.78. The molecule has 1 aliphatic rings. The van der Waals surface area contributed by atoms with Crippen LogP contribution in [0.1, 0.15) is 18.4 Å². The van der Waals surface area contributed by atoms with Gasteiger partial charge < -0.3 is 15.2 Å². The summed E-state index contributed by atoms with van der Waals surface area (Å²) in [6.07, 6.45) is 2.29. The van der Waals surface area contributed by atoms with Crippen molar-refractivity contribution in [3.05, 3.63) is 23.8 Å². The molecule has 2 N–H and O–H groups in total. The first-order valence-corrected chi connectivity index (χ1v) is 5.18. The number of nitrogens with two attached hydrogens (primary N) is 1. The molecule has 0 saturated heterocycles. The molecule has 0 bridgehead atoms. The first kappa shape index (κ1) is 10.3. The largest absolute Gasteiger partial charge is 0.497 e. The van der Waals surface area contributed by atoms with Crippen LogP contribution in [0.25, 0.3) is 0 Å². The van der Waals surface area contributed by atoms with Gasteiger partial charge in [-0.3, -0.25) is 0 Å². The molecular weight excluding hydrogens is 190 g/mol. The van der Waals surface area contributed by atoms with Gasteiger partial charge in [-0.05, 0) is 31.0 Å². The highest BCUT2D eigenvalue weighted by atomic mass is 16.5. The van der Waals surface area contributed by atoms with Crippen molar-refractivity contribution in [2.45, 2.75) is 18.3 Å². The summed E-state index contributed by atoms with van der Waals surface area (Å²) in [5.41, 5.74) is 7.15. The minimum Gasteiger partial charge on any atom is -0.497 e. The van der Waals surface area contributed by atoms with Gasteiger partial charge in [-0.25, -0.2) is 0 Å². The van der Waals surface area contributed by atoms with E-state index in [0.717, 1.165) is 24.3 Å². The number of methoxy groups -OCH3 is 2. The molecule has 0 aromatic heterocycles. The van der Waals surface area contributed by atoms with Crippen molar-refractivity contribution in [2.75, 3.05) is 20.8 Å². The Morgan fingerprint density at radius 3 is 2.47 bits per heavy atom. The lowest BCUT2D eigenvalue weighted by atomic mass is 9.95. The summed E-state index contributed by atoms with van der Waals surface area (Å²) in [7, 11) is 3.37. The summed E-state index contributed by atoms with van der Waals surface area (Å²) in [6, 6.07) is 5.90. The lowest BCUT2D eigenvalue weighted by Crippen LogP contribution is -2.20. The molecule has 1 aromatic carbocycles. The van der Waals surface area contributed by atoms with E-state index in [4.69, 9.17) is 15.2 Å². The highest BCUT2D eigenvalue weighted by Gasteiger charge is 2.45. The average Bonchev–Trinajstić information content (AvgIpc) is 3.09. The monoisotopic (exact) mass is 207 g/mol. The van der Waals surface area contributed by atoms with Crippen LogP contribution in [0.5, 0.6) is 11.5 Å². The van der Waals surface area contributed by atoms with Gasteiger partial charge in [-0.15, -0.1) is 0 Å². The van der Waals surface area contributed by atoms with Crippen LogP contribution >= 0.6 is 0 Å².